The molecule has 0 bridgehead atoms. The van der Waals surface area contributed by atoms with Gasteiger partial charge in [0, 0.05) is 37.6 Å². The summed E-state index contributed by atoms with van der Waals surface area (Å²) >= 11 is 7.47. The Bertz CT molecular complexity index is 455. The van der Waals surface area contributed by atoms with Gasteiger partial charge in [0.1, 0.15) is 0 Å². The zero-order valence-corrected chi connectivity index (χ0v) is 13.6. The maximum atomic E-state index is 12.4. The summed E-state index contributed by atoms with van der Waals surface area (Å²) in [6.07, 6.45) is 0.834. The van der Waals surface area contributed by atoms with Crippen LogP contribution in [-0.2, 0) is 11.2 Å². The molecule has 0 unspecified atom stereocenters. The van der Waals surface area contributed by atoms with Gasteiger partial charge in [-0.2, -0.15) is 0 Å². The van der Waals surface area contributed by atoms with E-state index in [1.165, 1.54) is 4.88 Å². The van der Waals surface area contributed by atoms with Crippen molar-refractivity contribution in [1.29, 1.82) is 0 Å². The number of rotatable bonds is 5. The average molecular weight is 316 g/mol. The fraction of sp³-hybridized carbons (Fsp3) is 0.643. The first-order valence-electron chi connectivity index (χ1n) is 6.98. The largest absolute Gasteiger partial charge is 0.354 e. The number of halogens is 1. The molecule has 0 saturated carbocycles. The number of carbonyl (C=O) groups excluding carboxylic acids is 1. The van der Waals surface area contributed by atoms with Crippen molar-refractivity contribution in [3.8, 4) is 0 Å². The van der Waals surface area contributed by atoms with Gasteiger partial charge in [0.25, 0.3) is 0 Å². The van der Waals surface area contributed by atoms with E-state index in [1.54, 1.807) is 11.3 Å². The second-order valence-corrected chi connectivity index (χ2v) is 7.31. The number of piperazine rings is 1. The van der Waals surface area contributed by atoms with E-state index in [0.717, 1.165) is 36.9 Å². The van der Waals surface area contributed by atoms with E-state index in [-0.39, 0.29) is 5.91 Å². The number of hydrogen-bond donors (Lipinski definition) is 2. The highest BCUT2D eigenvalue weighted by molar-refractivity contribution is 7.16. The molecule has 6 heteroatoms. The van der Waals surface area contributed by atoms with Gasteiger partial charge in [-0.25, -0.2) is 0 Å². The van der Waals surface area contributed by atoms with Crippen LogP contribution in [-0.4, -0.2) is 49.1 Å². The third kappa shape index (κ3) is 3.95. The van der Waals surface area contributed by atoms with Gasteiger partial charge in [-0.1, -0.05) is 11.6 Å². The topological polar surface area (TPSA) is 44.4 Å². The van der Waals surface area contributed by atoms with E-state index in [9.17, 15) is 4.79 Å². The Hall–Kier alpha value is -0.620. The molecule has 2 rings (SSSR count). The third-order valence-electron chi connectivity index (χ3n) is 3.75. The quantitative estimate of drug-likeness (QED) is 0.870. The number of thiophene rings is 1. The Kier molecular flexibility index (Phi) is 5.43. The van der Waals surface area contributed by atoms with Crippen LogP contribution in [0.25, 0.3) is 0 Å². The summed E-state index contributed by atoms with van der Waals surface area (Å²) < 4.78 is 0.799. The van der Waals surface area contributed by atoms with Crippen molar-refractivity contribution in [3.63, 3.8) is 0 Å². The number of nitrogens with zero attached hydrogens (tertiary/aromatic N) is 1. The van der Waals surface area contributed by atoms with Crippen LogP contribution in [0.15, 0.2) is 12.1 Å². The zero-order chi connectivity index (χ0) is 14.6. The first-order valence-corrected chi connectivity index (χ1v) is 8.18. The molecule has 2 heterocycles. The Balaban J connectivity index is 1.80. The minimum atomic E-state index is -0.449. The van der Waals surface area contributed by atoms with Gasteiger partial charge in [0.15, 0.2) is 0 Å². The molecule has 1 aliphatic heterocycles. The van der Waals surface area contributed by atoms with Crippen LogP contribution in [0, 0.1) is 0 Å². The fourth-order valence-corrected chi connectivity index (χ4v) is 3.46. The lowest BCUT2D eigenvalue weighted by Crippen LogP contribution is -2.60. The molecule has 2 N–H and O–H groups in total. The first kappa shape index (κ1) is 15.8. The molecule has 1 aliphatic rings. The Labute approximate surface area is 129 Å². The van der Waals surface area contributed by atoms with E-state index in [2.05, 4.69) is 15.5 Å². The van der Waals surface area contributed by atoms with Gasteiger partial charge in [-0.15, -0.1) is 11.3 Å². The molecule has 1 aromatic rings. The third-order valence-corrected chi connectivity index (χ3v) is 5.04. The van der Waals surface area contributed by atoms with Crippen molar-refractivity contribution in [2.24, 2.45) is 0 Å². The van der Waals surface area contributed by atoms with E-state index in [0.29, 0.717) is 6.54 Å². The van der Waals surface area contributed by atoms with Crippen LogP contribution in [0.4, 0.5) is 0 Å². The van der Waals surface area contributed by atoms with Crippen LogP contribution in [0.5, 0.6) is 0 Å². The summed E-state index contributed by atoms with van der Waals surface area (Å²) in [4.78, 5) is 15.8. The van der Waals surface area contributed by atoms with E-state index in [1.807, 2.05) is 26.0 Å². The number of amides is 1. The molecule has 1 aromatic heterocycles. The molecule has 1 amide bonds. The van der Waals surface area contributed by atoms with Crippen molar-refractivity contribution in [1.82, 2.24) is 15.5 Å². The molecule has 20 heavy (non-hydrogen) atoms. The lowest BCUT2D eigenvalue weighted by Gasteiger charge is -2.39. The van der Waals surface area contributed by atoms with Gasteiger partial charge in [-0.05, 0) is 32.4 Å². The monoisotopic (exact) mass is 315 g/mol. The second kappa shape index (κ2) is 6.89. The zero-order valence-electron chi connectivity index (χ0n) is 12.0. The van der Waals surface area contributed by atoms with E-state index < -0.39 is 5.54 Å². The summed E-state index contributed by atoms with van der Waals surface area (Å²) in [6.45, 7) is 8.38. The lowest BCUT2D eigenvalue weighted by molar-refractivity contribution is -0.132. The lowest BCUT2D eigenvalue weighted by atomic mass is 10.0. The highest BCUT2D eigenvalue weighted by Gasteiger charge is 2.34. The van der Waals surface area contributed by atoms with Crippen molar-refractivity contribution in [2.75, 3.05) is 32.7 Å². The first-order chi connectivity index (χ1) is 9.50. The van der Waals surface area contributed by atoms with Gasteiger partial charge < -0.3 is 10.6 Å². The highest BCUT2D eigenvalue weighted by Crippen LogP contribution is 2.21. The average Bonchev–Trinajstić information content (AvgIpc) is 2.85. The summed E-state index contributed by atoms with van der Waals surface area (Å²) in [7, 11) is 0. The Morgan fingerprint density at radius 3 is 2.75 bits per heavy atom. The molecule has 0 spiro atoms. The molecule has 4 nitrogen and oxygen atoms in total. The molecule has 0 atom stereocenters. The number of carbonyl (C=O) groups is 1. The summed E-state index contributed by atoms with van der Waals surface area (Å²) in [5, 5.41) is 6.35. The smallest absolute Gasteiger partial charge is 0.239 e. The van der Waals surface area contributed by atoms with Crippen LogP contribution in [0.2, 0.25) is 4.34 Å². The highest BCUT2D eigenvalue weighted by atomic mass is 35.5. The summed E-state index contributed by atoms with van der Waals surface area (Å²) in [5.41, 5.74) is -0.449. The van der Waals surface area contributed by atoms with Crippen LogP contribution < -0.4 is 10.6 Å². The maximum Gasteiger partial charge on any atom is 0.239 e. The molecule has 1 fully saturated rings. The SMILES string of the molecule is CC(C)(C(=O)NCCc1ccc(Cl)s1)N1CCNCC1. The molecule has 0 radical (unpaired) electrons. The second-order valence-electron chi connectivity index (χ2n) is 5.51. The normalized spacial score (nSPS) is 17.1. The van der Waals surface area contributed by atoms with Crippen molar-refractivity contribution >= 4 is 28.8 Å². The van der Waals surface area contributed by atoms with Gasteiger partial charge in [0.05, 0.1) is 9.88 Å². The summed E-state index contributed by atoms with van der Waals surface area (Å²) in [6, 6.07) is 3.91. The molecular formula is C14H22ClN3OS. The van der Waals surface area contributed by atoms with Crippen molar-refractivity contribution < 1.29 is 4.79 Å². The minimum absolute atomic E-state index is 0.0991. The van der Waals surface area contributed by atoms with Crippen LogP contribution in [0.1, 0.15) is 18.7 Å². The van der Waals surface area contributed by atoms with E-state index in [4.69, 9.17) is 11.6 Å². The predicted molar refractivity (Wildman–Crippen MR) is 84.6 cm³/mol. The van der Waals surface area contributed by atoms with E-state index >= 15 is 0 Å². The Morgan fingerprint density at radius 2 is 2.15 bits per heavy atom. The molecule has 112 valence electrons. The van der Waals surface area contributed by atoms with Gasteiger partial charge in [0.2, 0.25) is 5.91 Å². The minimum Gasteiger partial charge on any atom is -0.354 e. The molecular weight excluding hydrogens is 294 g/mol. The van der Waals surface area contributed by atoms with Crippen LogP contribution >= 0.6 is 22.9 Å². The van der Waals surface area contributed by atoms with Crippen molar-refractivity contribution in [3.05, 3.63) is 21.3 Å². The number of hydrogen-bond acceptors (Lipinski definition) is 4. The van der Waals surface area contributed by atoms with Gasteiger partial charge >= 0.3 is 0 Å². The fourth-order valence-electron chi connectivity index (χ4n) is 2.37. The standard InChI is InChI=1S/C14H22ClN3OS/c1-14(2,18-9-7-16-8-10-18)13(19)17-6-5-11-3-4-12(15)20-11/h3-4,16H,5-10H2,1-2H3,(H,17,19). The number of nitrogens with one attached hydrogen (secondary N) is 2. The predicted octanol–water partition coefficient (Wildman–Crippen LogP) is 1.74. The van der Waals surface area contributed by atoms with Crippen molar-refractivity contribution in [2.45, 2.75) is 25.8 Å². The van der Waals surface area contributed by atoms with Crippen LogP contribution in [0.3, 0.4) is 0 Å². The Morgan fingerprint density at radius 1 is 1.45 bits per heavy atom. The molecule has 1 saturated heterocycles. The van der Waals surface area contributed by atoms with Gasteiger partial charge in [-0.3, -0.25) is 9.69 Å². The molecule has 0 aromatic carbocycles. The summed E-state index contributed by atoms with van der Waals surface area (Å²) in [5.74, 6) is 0.0991. The maximum absolute atomic E-state index is 12.4. The molecule has 0 aliphatic carbocycles.